The van der Waals surface area contributed by atoms with Crippen molar-refractivity contribution in [2.45, 2.75) is 32.0 Å². The Hall–Kier alpha value is -1.75. The molecule has 0 radical (unpaired) electrons. The average Bonchev–Trinajstić information content (AvgIpc) is 2.58. The van der Waals surface area contributed by atoms with Crippen LogP contribution in [0.5, 0.6) is 0 Å². The van der Waals surface area contributed by atoms with Gasteiger partial charge in [0.05, 0.1) is 6.10 Å². The molecule has 0 fully saturated rings. The number of hydrogen-bond donors (Lipinski definition) is 1. The third-order valence-electron chi connectivity index (χ3n) is 5.04. The quantitative estimate of drug-likeness (QED) is 0.873. The zero-order valence-corrected chi connectivity index (χ0v) is 15.0. The van der Waals surface area contributed by atoms with E-state index in [1.165, 1.54) is 17.2 Å². The van der Waals surface area contributed by atoms with Gasteiger partial charge in [0.2, 0.25) is 0 Å². The first-order chi connectivity index (χ1) is 12.0. The van der Waals surface area contributed by atoms with Crippen LogP contribution < -0.4 is 0 Å². The van der Waals surface area contributed by atoms with Crippen molar-refractivity contribution in [1.82, 2.24) is 9.80 Å². The number of likely N-dealkylation sites (N-methyl/N-ethyl adjacent to an activating group) is 1. The summed E-state index contributed by atoms with van der Waals surface area (Å²) in [6.07, 6.45) is 0.485. The van der Waals surface area contributed by atoms with Crippen molar-refractivity contribution in [1.29, 1.82) is 0 Å². The Balaban J connectivity index is 1.55. The van der Waals surface area contributed by atoms with E-state index in [-0.39, 0.29) is 11.9 Å². The van der Waals surface area contributed by atoms with Crippen LogP contribution in [0.25, 0.3) is 0 Å². The minimum Gasteiger partial charge on any atom is -0.390 e. The first-order valence-corrected chi connectivity index (χ1v) is 8.96. The van der Waals surface area contributed by atoms with E-state index in [9.17, 15) is 9.50 Å². The van der Waals surface area contributed by atoms with Crippen molar-refractivity contribution in [3.63, 3.8) is 0 Å². The Morgan fingerprint density at radius 1 is 1.24 bits per heavy atom. The van der Waals surface area contributed by atoms with Crippen LogP contribution >= 0.6 is 0 Å². The Kier molecular flexibility index (Phi) is 5.84. The number of β-amino-alcohol motifs (C(OH)–C–C–N with tert-alkyl or cyclic N) is 1. The highest BCUT2D eigenvalue weighted by Gasteiger charge is 2.26. The number of halogens is 1. The van der Waals surface area contributed by atoms with Crippen molar-refractivity contribution < 1.29 is 9.50 Å². The van der Waals surface area contributed by atoms with E-state index in [0.29, 0.717) is 13.1 Å². The van der Waals surface area contributed by atoms with Crippen LogP contribution in [0.3, 0.4) is 0 Å². The van der Waals surface area contributed by atoms with Crippen molar-refractivity contribution in [3.8, 4) is 0 Å². The maximum atomic E-state index is 13.6. The first kappa shape index (κ1) is 18.1. The number of aliphatic hydroxyl groups is 1. The van der Waals surface area contributed by atoms with E-state index in [0.717, 1.165) is 25.1 Å². The lowest BCUT2D eigenvalue weighted by Crippen LogP contribution is -2.42. The normalized spacial score (nSPS) is 19.0. The van der Waals surface area contributed by atoms with Gasteiger partial charge in [-0.1, -0.05) is 36.4 Å². The average molecular weight is 342 g/mol. The molecule has 4 heteroatoms. The predicted octanol–water partition coefficient (Wildman–Crippen LogP) is 3.24. The molecule has 1 N–H and O–H groups in total. The molecule has 2 aromatic carbocycles. The third kappa shape index (κ3) is 4.66. The maximum absolute atomic E-state index is 13.6. The molecule has 3 nitrogen and oxygen atoms in total. The lowest BCUT2D eigenvalue weighted by Gasteiger charge is -2.37. The molecule has 1 aliphatic rings. The van der Waals surface area contributed by atoms with Gasteiger partial charge in [-0.05, 0) is 49.2 Å². The Bertz CT molecular complexity index is 692. The number of nitrogens with zero attached hydrogens (tertiary/aromatic N) is 2. The number of fused-ring (bicyclic) bond motifs is 1. The molecule has 2 aromatic rings. The topological polar surface area (TPSA) is 26.7 Å². The summed E-state index contributed by atoms with van der Waals surface area (Å²) in [6, 6.07) is 15.5. The van der Waals surface area contributed by atoms with E-state index in [1.54, 1.807) is 6.07 Å². The lowest BCUT2D eigenvalue weighted by molar-refractivity contribution is 0.0616. The molecular weight excluding hydrogens is 315 g/mol. The SMILES string of the molecule is CC1c2cc(F)ccc2CCN1CC(O)CN(C)Cc1ccccc1. The van der Waals surface area contributed by atoms with Crippen LogP contribution in [0, 0.1) is 5.82 Å². The van der Waals surface area contributed by atoms with Gasteiger partial charge in [0.15, 0.2) is 0 Å². The number of hydrogen-bond acceptors (Lipinski definition) is 3. The van der Waals surface area contributed by atoms with Gasteiger partial charge in [0, 0.05) is 32.2 Å². The minimum atomic E-state index is -0.425. The second-order valence-electron chi connectivity index (χ2n) is 7.10. The van der Waals surface area contributed by atoms with Gasteiger partial charge in [-0.2, -0.15) is 0 Å². The second kappa shape index (κ2) is 8.09. The van der Waals surface area contributed by atoms with E-state index in [1.807, 2.05) is 31.3 Å². The molecule has 3 rings (SSSR count). The van der Waals surface area contributed by atoms with E-state index in [4.69, 9.17) is 0 Å². The molecular formula is C21H27FN2O. The summed E-state index contributed by atoms with van der Waals surface area (Å²) >= 11 is 0. The van der Waals surface area contributed by atoms with Crippen molar-refractivity contribution in [2.75, 3.05) is 26.7 Å². The molecule has 2 unspecified atom stereocenters. The van der Waals surface area contributed by atoms with Gasteiger partial charge in [0.1, 0.15) is 5.82 Å². The van der Waals surface area contributed by atoms with E-state index >= 15 is 0 Å². The van der Waals surface area contributed by atoms with Crippen molar-refractivity contribution in [3.05, 3.63) is 71.0 Å². The highest BCUT2D eigenvalue weighted by atomic mass is 19.1. The number of rotatable bonds is 6. The molecule has 0 aliphatic carbocycles. The second-order valence-corrected chi connectivity index (χ2v) is 7.10. The summed E-state index contributed by atoms with van der Waals surface area (Å²) in [5.41, 5.74) is 3.52. The van der Waals surface area contributed by atoms with E-state index in [2.05, 4.69) is 28.9 Å². The predicted molar refractivity (Wildman–Crippen MR) is 98.9 cm³/mol. The van der Waals surface area contributed by atoms with Gasteiger partial charge in [-0.15, -0.1) is 0 Å². The lowest BCUT2D eigenvalue weighted by atomic mass is 9.93. The van der Waals surface area contributed by atoms with Crippen LogP contribution in [-0.4, -0.2) is 47.7 Å². The summed E-state index contributed by atoms with van der Waals surface area (Å²) in [5.74, 6) is -0.185. The van der Waals surface area contributed by atoms with E-state index < -0.39 is 6.10 Å². The van der Waals surface area contributed by atoms with Gasteiger partial charge in [-0.3, -0.25) is 9.80 Å². The fraction of sp³-hybridized carbons (Fsp3) is 0.429. The Morgan fingerprint density at radius 3 is 2.76 bits per heavy atom. The Labute approximate surface area is 149 Å². The molecule has 25 heavy (non-hydrogen) atoms. The maximum Gasteiger partial charge on any atom is 0.123 e. The monoisotopic (exact) mass is 342 g/mol. The van der Waals surface area contributed by atoms with Crippen LogP contribution in [-0.2, 0) is 13.0 Å². The summed E-state index contributed by atoms with van der Waals surface area (Å²) < 4.78 is 13.6. The summed E-state index contributed by atoms with van der Waals surface area (Å²) in [4.78, 5) is 4.39. The summed E-state index contributed by atoms with van der Waals surface area (Å²) in [7, 11) is 2.03. The third-order valence-corrected chi connectivity index (χ3v) is 5.04. The molecule has 2 atom stereocenters. The van der Waals surface area contributed by atoms with Gasteiger partial charge >= 0.3 is 0 Å². The molecule has 0 spiro atoms. The smallest absolute Gasteiger partial charge is 0.123 e. The number of aliphatic hydroxyl groups excluding tert-OH is 1. The standard InChI is InChI=1S/C21H27FN2O/c1-16-21-12-19(22)9-8-18(21)10-11-24(16)15-20(25)14-23(2)13-17-6-4-3-5-7-17/h3-9,12,16,20,25H,10-11,13-15H2,1-2H3. The summed E-state index contributed by atoms with van der Waals surface area (Å²) in [6.45, 7) is 5.04. The largest absolute Gasteiger partial charge is 0.390 e. The molecule has 1 aliphatic heterocycles. The molecule has 134 valence electrons. The van der Waals surface area contributed by atoms with Gasteiger partial charge in [0.25, 0.3) is 0 Å². The van der Waals surface area contributed by atoms with Crippen LogP contribution in [0.4, 0.5) is 4.39 Å². The van der Waals surface area contributed by atoms with Crippen molar-refractivity contribution in [2.24, 2.45) is 0 Å². The molecule has 1 heterocycles. The fourth-order valence-corrected chi connectivity index (χ4v) is 3.73. The van der Waals surface area contributed by atoms with Gasteiger partial charge < -0.3 is 5.11 Å². The highest BCUT2D eigenvalue weighted by Crippen LogP contribution is 2.29. The van der Waals surface area contributed by atoms with Crippen LogP contribution in [0.1, 0.15) is 29.7 Å². The molecule has 0 saturated heterocycles. The van der Waals surface area contributed by atoms with Crippen LogP contribution in [0.15, 0.2) is 48.5 Å². The Morgan fingerprint density at radius 2 is 2.00 bits per heavy atom. The fourth-order valence-electron chi connectivity index (χ4n) is 3.73. The van der Waals surface area contributed by atoms with Gasteiger partial charge in [-0.25, -0.2) is 4.39 Å². The zero-order chi connectivity index (χ0) is 17.8. The molecule has 0 amide bonds. The summed E-state index contributed by atoms with van der Waals surface area (Å²) in [5, 5.41) is 10.5. The van der Waals surface area contributed by atoms with Crippen LogP contribution in [0.2, 0.25) is 0 Å². The first-order valence-electron chi connectivity index (χ1n) is 8.96. The zero-order valence-electron chi connectivity index (χ0n) is 15.0. The molecule has 0 aromatic heterocycles. The number of benzene rings is 2. The molecule has 0 saturated carbocycles. The minimum absolute atomic E-state index is 0.133. The highest BCUT2D eigenvalue weighted by molar-refractivity contribution is 5.32. The van der Waals surface area contributed by atoms with Crippen molar-refractivity contribution >= 4 is 0 Å². The molecule has 0 bridgehead atoms.